The molecule has 0 aliphatic heterocycles. The van der Waals surface area contributed by atoms with Crippen LogP contribution < -0.4 is 0 Å². The standard InChI is InChI=1S/C9H14N/c1-4-9(2,3)10-7-5-6-8-10/h5-7H,4H2,1-3H3. The molecule has 1 aromatic heterocycles. The number of hydrogen-bond acceptors (Lipinski definition) is 0. The van der Waals surface area contributed by atoms with Gasteiger partial charge < -0.3 is 4.57 Å². The fraction of sp³-hybridized carbons (Fsp3) is 0.556. The highest BCUT2D eigenvalue weighted by Gasteiger charge is 2.15. The summed E-state index contributed by atoms with van der Waals surface area (Å²) in [4.78, 5) is 0. The maximum atomic E-state index is 3.14. The lowest BCUT2D eigenvalue weighted by molar-refractivity contribution is 0.341. The Bertz CT molecular complexity index is 185. The van der Waals surface area contributed by atoms with Crippen molar-refractivity contribution in [1.82, 2.24) is 4.57 Å². The number of nitrogens with zero attached hydrogens (tertiary/aromatic N) is 1. The van der Waals surface area contributed by atoms with Gasteiger partial charge in [-0.15, -0.1) is 0 Å². The van der Waals surface area contributed by atoms with Crippen LogP contribution in [0.25, 0.3) is 0 Å². The van der Waals surface area contributed by atoms with Gasteiger partial charge in [0.1, 0.15) is 0 Å². The van der Waals surface area contributed by atoms with Crippen LogP contribution in [0, 0.1) is 6.20 Å². The van der Waals surface area contributed by atoms with Crippen LogP contribution >= 0.6 is 0 Å². The number of hydrogen-bond donors (Lipinski definition) is 0. The molecule has 10 heavy (non-hydrogen) atoms. The van der Waals surface area contributed by atoms with E-state index in [0.717, 1.165) is 6.42 Å². The van der Waals surface area contributed by atoms with E-state index >= 15 is 0 Å². The lowest BCUT2D eigenvalue weighted by Crippen LogP contribution is -2.23. The summed E-state index contributed by atoms with van der Waals surface area (Å²) in [5.74, 6) is 0. The first-order chi connectivity index (χ1) is 4.67. The summed E-state index contributed by atoms with van der Waals surface area (Å²) < 4.78 is 2.12. The summed E-state index contributed by atoms with van der Waals surface area (Å²) in [5, 5.41) is 0. The third-order valence-corrected chi connectivity index (χ3v) is 2.06. The molecule has 0 N–H and O–H groups in total. The second kappa shape index (κ2) is 2.49. The Kier molecular flexibility index (Phi) is 1.84. The zero-order valence-electron chi connectivity index (χ0n) is 6.89. The average Bonchev–Trinajstić information content (AvgIpc) is 2.38. The van der Waals surface area contributed by atoms with E-state index in [1.807, 2.05) is 12.1 Å². The fourth-order valence-corrected chi connectivity index (χ4v) is 0.842. The average molecular weight is 136 g/mol. The zero-order chi connectivity index (χ0) is 7.61. The Labute approximate surface area is 62.7 Å². The van der Waals surface area contributed by atoms with E-state index in [1.54, 1.807) is 0 Å². The summed E-state index contributed by atoms with van der Waals surface area (Å²) in [6, 6.07) is 3.95. The van der Waals surface area contributed by atoms with Crippen molar-refractivity contribution in [2.24, 2.45) is 0 Å². The van der Waals surface area contributed by atoms with E-state index in [9.17, 15) is 0 Å². The van der Waals surface area contributed by atoms with Gasteiger partial charge in [0.05, 0.1) is 6.20 Å². The molecule has 1 radical (unpaired) electrons. The van der Waals surface area contributed by atoms with Crippen molar-refractivity contribution in [2.75, 3.05) is 0 Å². The SMILES string of the molecule is CCC(C)(C)n1[c]ccc1. The van der Waals surface area contributed by atoms with Gasteiger partial charge >= 0.3 is 0 Å². The molecule has 0 aliphatic carbocycles. The third kappa shape index (κ3) is 1.23. The molecule has 0 spiro atoms. The van der Waals surface area contributed by atoms with E-state index in [0.29, 0.717) is 0 Å². The quantitative estimate of drug-likeness (QED) is 0.588. The third-order valence-electron chi connectivity index (χ3n) is 2.06. The van der Waals surface area contributed by atoms with Gasteiger partial charge in [0.2, 0.25) is 0 Å². The minimum atomic E-state index is 0.226. The van der Waals surface area contributed by atoms with Crippen molar-refractivity contribution >= 4 is 0 Å². The molecular weight excluding hydrogens is 122 g/mol. The molecule has 0 saturated carbocycles. The van der Waals surface area contributed by atoms with E-state index in [1.165, 1.54) is 0 Å². The second-order valence-corrected chi connectivity index (χ2v) is 3.17. The van der Waals surface area contributed by atoms with Gasteiger partial charge in [-0.2, -0.15) is 0 Å². The molecule has 1 aromatic rings. The molecule has 0 aliphatic rings. The Morgan fingerprint density at radius 1 is 1.50 bits per heavy atom. The van der Waals surface area contributed by atoms with Gasteiger partial charge in [0.15, 0.2) is 0 Å². The molecule has 0 atom stereocenters. The zero-order valence-corrected chi connectivity index (χ0v) is 6.89. The summed E-state index contributed by atoms with van der Waals surface area (Å²) in [7, 11) is 0. The first-order valence-corrected chi connectivity index (χ1v) is 3.72. The van der Waals surface area contributed by atoms with E-state index in [2.05, 4.69) is 37.7 Å². The van der Waals surface area contributed by atoms with Crippen LogP contribution in [0.5, 0.6) is 0 Å². The molecule has 1 rings (SSSR count). The van der Waals surface area contributed by atoms with E-state index in [-0.39, 0.29) is 5.54 Å². The van der Waals surface area contributed by atoms with Crippen LogP contribution in [0.15, 0.2) is 18.3 Å². The highest BCUT2D eigenvalue weighted by molar-refractivity contribution is 4.93. The highest BCUT2D eigenvalue weighted by Crippen LogP contribution is 2.17. The second-order valence-electron chi connectivity index (χ2n) is 3.17. The topological polar surface area (TPSA) is 4.93 Å². The van der Waals surface area contributed by atoms with Crippen molar-refractivity contribution in [3.63, 3.8) is 0 Å². The largest absolute Gasteiger partial charge is 0.341 e. The Hall–Kier alpha value is -0.720. The maximum absolute atomic E-state index is 3.14. The monoisotopic (exact) mass is 136 g/mol. The van der Waals surface area contributed by atoms with Crippen LogP contribution in [0.1, 0.15) is 27.2 Å². The molecule has 55 valence electrons. The fourth-order valence-electron chi connectivity index (χ4n) is 0.842. The van der Waals surface area contributed by atoms with Gasteiger partial charge in [-0.1, -0.05) is 6.92 Å². The van der Waals surface area contributed by atoms with Crippen LogP contribution in [-0.4, -0.2) is 4.57 Å². The molecule has 1 heterocycles. The molecule has 1 heteroatoms. The first kappa shape index (κ1) is 7.39. The van der Waals surface area contributed by atoms with E-state index < -0.39 is 0 Å². The Balaban J connectivity index is 2.85. The number of aromatic nitrogens is 1. The van der Waals surface area contributed by atoms with Gasteiger partial charge in [0.25, 0.3) is 0 Å². The summed E-state index contributed by atoms with van der Waals surface area (Å²) in [5.41, 5.74) is 0.226. The summed E-state index contributed by atoms with van der Waals surface area (Å²) in [6.45, 7) is 6.61. The first-order valence-electron chi connectivity index (χ1n) is 3.72. The molecule has 0 fully saturated rings. The number of rotatable bonds is 2. The molecular formula is C9H14N. The summed E-state index contributed by atoms with van der Waals surface area (Å²) >= 11 is 0. The van der Waals surface area contributed by atoms with Gasteiger partial charge in [0, 0.05) is 11.7 Å². The van der Waals surface area contributed by atoms with Gasteiger partial charge in [-0.3, -0.25) is 0 Å². The van der Waals surface area contributed by atoms with Crippen molar-refractivity contribution < 1.29 is 0 Å². The highest BCUT2D eigenvalue weighted by atomic mass is 15.0. The predicted molar refractivity (Wildman–Crippen MR) is 42.9 cm³/mol. The summed E-state index contributed by atoms with van der Waals surface area (Å²) in [6.07, 6.45) is 6.34. The molecule has 0 unspecified atom stereocenters. The molecule has 0 saturated heterocycles. The smallest absolute Gasteiger partial charge is 0.0653 e. The van der Waals surface area contributed by atoms with Crippen molar-refractivity contribution in [1.29, 1.82) is 0 Å². The predicted octanol–water partition coefficient (Wildman–Crippen LogP) is 2.43. The van der Waals surface area contributed by atoms with Crippen molar-refractivity contribution in [2.45, 2.75) is 32.7 Å². The Morgan fingerprint density at radius 2 is 2.20 bits per heavy atom. The van der Waals surface area contributed by atoms with Crippen LogP contribution in [0.4, 0.5) is 0 Å². The minimum absolute atomic E-state index is 0.226. The Morgan fingerprint density at radius 3 is 2.60 bits per heavy atom. The molecule has 1 nitrogen and oxygen atoms in total. The van der Waals surface area contributed by atoms with Crippen LogP contribution in [0.2, 0.25) is 0 Å². The van der Waals surface area contributed by atoms with Crippen molar-refractivity contribution in [3.05, 3.63) is 24.5 Å². The maximum Gasteiger partial charge on any atom is 0.0653 e. The molecule has 0 bridgehead atoms. The van der Waals surface area contributed by atoms with Crippen molar-refractivity contribution in [3.8, 4) is 0 Å². The van der Waals surface area contributed by atoms with Crippen LogP contribution in [0.3, 0.4) is 0 Å². The lowest BCUT2D eigenvalue weighted by Gasteiger charge is -2.24. The molecule has 0 aromatic carbocycles. The van der Waals surface area contributed by atoms with Gasteiger partial charge in [-0.25, -0.2) is 0 Å². The minimum Gasteiger partial charge on any atom is -0.341 e. The lowest BCUT2D eigenvalue weighted by atomic mass is 10.0. The van der Waals surface area contributed by atoms with E-state index in [4.69, 9.17) is 0 Å². The van der Waals surface area contributed by atoms with Crippen LogP contribution in [-0.2, 0) is 5.54 Å². The van der Waals surface area contributed by atoms with Gasteiger partial charge in [-0.05, 0) is 32.4 Å². The molecule has 0 amide bonds. The normalized spacial score (nSPS) is 11.9.